The Labute approximate surface area is 207 Å². The molecule has 1 aliphatic heterocycles. The van der Waals surface area contributed by atoms with Crippen LogP contribution in [0.5, 0.6) is 0 Å². The number of aliphatic hydroxyl groups is 1. The van der Waals surface area contributed by atoms with Gasteiger partial charge in [-0.05, 0) is 67.2 Å². The van der Waals surface area contributed by atoms with E-state index >= 15 is 0 Å². The third-order valence-electron chi connectivity index (χ3n) is 7.14. The van der Waals surface area contributed by atoms with Crippen LogP contribution < -0.4 is 4.72 Å². The molecule has 0 aromatic rings. The lowest BCUT2D eigenvalue weighted by Gasteiger charge is -2.38. The van der Waals surface area contributed by atoms with Gasteiger partial charge in [0, 0.05) is 6.54 Å². The largest absolute Gasteiger partial charge is 0.444 e. The second-order valence-electron chi connectivity index (χ2n) is 12.0. The first-order valence-electron chi connectivity index (χ1n) is 12.9. The molecule has 2 N–H and O–H groups in total. The molecular formula is C25H48N2O6S. The molecule has 2 fully saturated rings. The van der Waals surface area contributed by atoms with Gasteiger partial charge >= 0.3 is 6.09 Å². The van der Waals surface area contributed by atoms with Gasteiger partial charge in [0.2, 0.25) is 10.0 Å². The summed E-state index contributed by atoms with van der Waals surface area (Å²) in [6.07, 6.45) is 5.12. The minimum atomic E-state index is -3.84. The van der Waals surface area contributed by atoms with Crippen molar-refractivity contribution in [3.63, 3.8) is 0 Å². The van der Waals surface area contributed by atoms with Crippen molar-refractivity contribution in [3.8, 4) is 0 Å². The van der Waals surface area contributed by atoms with E-state index in [1.54, 1.807) is 18.7 Å². The summed E-state index contributed by atoms with van der Waals surface area (Å²) in [5, 5.41) is 11.5. The zero-order valence-corrected chi connectivity index (χ0v) is 23.3. The van der Waals surface area contributed by atoms with E-state index in [9.17, 15) is 18.3 Å². The van der Waals surface area contributed by atoms with E-state index < -0.39 is 50.4 Å². The summed E-state index contributed by atoms with van der Waals surface area (Å²) >= 11 is 0. The van der Waals surface area contributed by atoms with Gasteiger partial charge in [-0.3, -0.25) is 4.90 Å². The smallest absolute Gasteiger partial charge is 0.412 e. The van der Waals surface area contributed by atoms with Gasteiger partial charge in [0.15, 0.2) is 0 Å². The number of sulfonamides is 1. The predicted octanol–water partition coefficient (Wildman–Crippen LogP) is 4.56. The molecule has 0 aromatic carbocycles. The van der Waals surface area contributed by atoms with Crippen LogP contribution in [0, 0.1) is 5.92 Å². The molecule has 2 rings (SSSR count). The van der Waals surface area contributed by atoms with E-state index in [0.717, 1.165) is 38.5 Å². The van der Waals surface area contributed by atoms with E-state index in [1.165, 1.54) is 20.3 Å². The van der Waals surface area contributed by atoms with Gasteiger partial charge in [0.05, 0.1) is 6.04 Å². The third-order valence-corrected chi connectivity index (χ3v) is 9.35. The van der Waals surface area contributed by atoms with Crippen molar-refractivity contribution < 1.29 is 27.8 Å². The second-order valence-corrected chi connectivity index (χ2v) is 14.3. The average molecular weight is 505 g/mol. The minimum absolute atomic E-state index is 0.321. The Kier molecular flexibility index (Phi) is 9.50. The number of hydrogen-bond acceptors (Lipinski definition) is 6. The van der Waals surface area contributed by atoms with Crippen molar-refractivity contribution in [3.05, 3.63) is 0 Å². The Bertz CT molecular complexity index is 784. The average Bonchev–Trinajstić information content (AvgIpc) is 2.96. The quantitative estimate of drug-likeness (QED) is 0.446. The molecular weight excluding hydrogens is 456 g/mol. The summed E-state index contributed by atoms with van der Waals surface area (Å²) in [4.78, 5) is 14.9. The molecule has 0 spiro atoms. The maximum atomic E-state index is 13.3. The van der Waals surface area contributed by atoms with E-state index in [-0.39, 0.29) is 0 Å². The van der Waals surface area contributed by atoms with Crippen LogP contribution in [0.1, 0.15) is 107 Å². The third kappa shape index (κ3) is 6.86. The first-order valence-corrected chi connectivity index (χ1v) is 14.4. The number of carbonyl (C=O) groups is 1. The summed E-state index contributed by atoms with van der Waals surface area (Å²) in [7, 11) is -3.84. The van der Waals surface area contributed by atoms with E-state index in [4.69, 9.17) is 9.47 Å². The molecule has 9 heteroatoms. The number of carbonyl (C=O) groups excluding carboxylic acids is 1. The zero-order valence-electron chi connectivity index (χ0n) is 22.5. The summed E-state index contributed by atoms with van der Waals surface area (Å²) in [5.74, 6) is 0.387. The number of hydrogen-bond donors (Lipinski definition) is 2. The van der Waals surface area contributed by atoms with Crippen LogP contribution in [0.2, 0.25) is 0 Å². The maximum Gasteiger partial charge on any atom is 0.412 e. The standard InChI is InChI=1S/C25H48N2O6S/c1-9-10-16-26-34(30,31)24(5,6)21(28)20-19(17-18-14-12-11-13-15-18)27(25(7,8)32-20)22(29)33-23(2,3)4/h18-21,26,28H,9-17H2,1-8H3/t19-,20+,21?/m0/s1. The predicted molar refractivity (Wildman–Crippen MR) is 134 cm³/mol. The fraction of sp³-hybridized carbons (Fsp3) is 0.960. The monoisotopic (exact) mass is 504 g/mol. The van der Waals surface area contributed by atoms with Crippen LogP contribution >= 0.6 is 0 Å². The Morgan fingerprint density at radius 3 is 2.29 bits per heavy atom. The van der Waals surface area contributed by atoms with E-state index in [2.05, 4.69) is 4.72 Å². The van der Waals surface area contributed by atoms with E-state index in [0.29, 0.717) is 18.9 Å². The Balaban J connectivity index is 2.39. The Morgan fingerprint density at radius 1 is 1.18 bits per heavy atom. The van der Waals surface area contributed by atoms with Crippen LogP contribution in [-0.4, -0.2) is 65.4 Å². The normalized spacial score (nSPS) is 25.4. The van der Waals surface area contributed by atoms with E-state index in [1.807, 2.05) is 27.7 Å². The lowest BCUT2D eigenvalue weighted by atomic mass is 9.82. The van der Waals surface area contributed by atoms with Crippen LogP contribution in [-0.2, 0) is 19.5 Å². The van der Waals surface area contributed by atoms with Gasteiger partial charge in [0.1, 0.15) is 28.3 Å². The van der Waals surface area contributed by atoms with Crippen molar-refractivity contribution >= 4 is 16.1 Å². The van der Waals surface area contributed by atoms with Gasteiger partial charge in [0.25, 0.3) is 0 Å². The fourth-order valence-corrected chi connectivity index (χ4v) is 6.32. The zero-order chi connectivity index (χ0) is 25.9. The van der Waals surface area contributed by atoms with Crippen molar-refractivity contribution in [2.45, 2.75) is 141 Å². The highest BCUT2D eigenvalue weighted by molar-refractivity contribution is 7.90. The molecule has 0 radical (unpaired) electrons. The van der Waals surface area contributed by atoms with Gasteiger partial charge in [-0.2, -0.15) is 0 Å². The highest BCUT2D eigenvalue weighted by Gasteiger charge is 2.58. The SMILES string of the molecule is CCCCNS(=O)(=O)C(C)(C)C(O)[C@@H]1OC(C)(C)N(C(=O)OC(C)(C)C)[C@H]1CC1CCCCC1. The molecule has 1 amide bonds. The van der Waals surface area contributed by atoms with Crippen LogP contribution in [0.25, 0.3) is 0 Å². The Hall–Kier alpha value is -0.900. The van der Waals surface area contributed by atoms with Gasteiger partial charge in [-0.1, -0.05) is 45.4 Å². The fourth-order valence-electron chi connectivity index (χ4n) is 5.08. The summed E-state index contributed by atoms with van der Waals surface area (Å²) in [6.45, 7) is 14.4. The molecule has 1 saturated carbocycles. The van der Waals surface area contributed by atoms with Crippen molar-refractivity contribution in [2.75, 3.05) is 6.54 Å². The maximum absolute atomic E-state index is 13.3. The summed E-state index contributed by atoms with van der Waals surface area (Å²) in [6, 6.07) is -0.493. The lowest BCUT2D eigenvalue weighted by Crippen LogP contribution is -2.58. The molecule has 34 heavy (non-hydrogen) atoms. The molecule has 1 saturated heterocycles. The van der Waals surface area contributed by atoms with Crippen LogP contribution in [0.4, 0.5) is 4.79 Å². The highest BCUT2D eigenvalue weighted by atomic mass is 32.2. The molecule has 1 heterocycles. The summed E-state index contributed by atoms with van der Waals surface area (Å²) in [5.41, 5.74) is -1.74. The number of rotatable bonds is 9. The second kappa shape index (κ2) is 11.0. The lowest BCUT2D eigenvalue weighted by molar-refractivity contribution is -0.108. The van der Waals surface area contributed by atoms with Gasteiger partial charge in [-0.15, -0.1) is 0 Å². The van der Waals surface area contributed by atoms with Crippen molar-refractivity contribution in [2.24, 2.45) is 5.92 Å². The Morgan fingerprint density at radius 2 is 1.76 bits per heavy atom. The van der Waals surface area contributed by atoms with Crippen LogP contribution in [0.15, 0.2) is 0 Å². The highest BCUT2D eigenvalue weighted by Crippen LogP contribution is 2.42. The molecule has 8 nitrogen and oxygen atoms in total. The number of ether oxygens (including phenoxy) is 2. The van der Waals surface area contributed by atoms with Gasteiger partial charge in [-0.25, -0.2) is 17.9 Å². The molecule has 200 valence electrons. The topological polar surface area (TPSA) is 105 Å². The van der Waals surface area contributed by atoms with Gasteiger partial charge < -0.3 is 14.6 Å². The van der Waals surface area contributed by atoms with Crippen molar-refractivity contribution in [1.82, 2.24) is 9.62 Å². The number of nitrogens with one attached hydrogen (secondary N) is 1. The first-order chi connectivity index (χ1) is 15.5. The number of aliphatic hydroxyl groups excluding tert-OH is 1. The molecule has 0 aromatic heterocycles. The van der Waals surface area contributed by atoms with Crippen LogP contribution in [0.3, 0.4) is 0 Å². The first kappa shape index (κ1) is 29.3. The molecule has 1 aliphatic carbocycles. The molecule has 2 aliphatic rings. The van der Waals surface area contributed by atoms with Crippen molar-refractivity contribution in [1.29, 1.82) is 0 Å². The molecule has 3 atom stereocenters. The minimum Gasteiger partial charge on any atom is -0.444 e. The number of unbranched alkanes of at least 4 members (excludes halogenated alkanes) is 1. The molecule has 1 unspecified atom stereocenters. The number of nitrogens with zero attached hydrogens (tertiary/aromatic N) is 1. The summed E-state index contributed by atoms with van der Waals surface area (Å²) < 4.78 is 39.5. The molecule has 0 bridgehead atoms. The number of amides is 1.